The van der Waals surface area contributed by atoms with E-state index in [1.165, 1.54) is 43.6 Å². The summed E-state index contributed by atoms with van der Waals surface area (Å²) < 4.78 is 2.08. The normalized spacial score (nSPS) is 19.9. The molecule has 1 N–H and O–H groups in total. The predicted octanol–water partition coefficient (Wildman–Crippen LogP) is 3.00. The Bertz CT molecular complexity index is 436. The van der Waals surface area contributed by atoms with E-state index in [4.69, 9.17) is 0 Å². The Morgan fingerprint density at radius 3 is 2.75 bits per heavy atom. The molecule has 1 aliphatic rings. The Hall–Kier alpha value is -1.03. The summed E-state index contributed by atoms with van der Waals surface area (Å²) in [6, 6.07) is 1.18. The van der Waals surface area contributed by atoms with Crippen LogP contribution in [0.15, 0.2) is 0 Å². The third-order valence-corrected chi connectivity index (χ3v) is 4.37. The van der Waals surface area contributed by atoms with Gasteiger partial charge in [0.1, 0.15) is 5.82 Å². The smallest absolute Gasteiger partial charge is 0.131 e. The van der Waals surface area contributed by atoms with E-state index in [1.807, 2.05) is 0 Å². The van der Waals surface area contributed by atoms with Crippen LogP contribution in [0.2, 0.25) is 0 Å². The lowest BCUT2D eigenvalue weighted by Gasteiger charge is -2.37. The van der Waals surface area contributed by atoms with Crippen molar-refractivity contribution in [1.29, 1.82) is 0 Å². The van der Waals surface area contributed by atoms with E-state index in [0.717, 1.165) is 12.2 Å². The van der Waals surface area contributed by atoms with E-state index < -0.39 is 0 Å². The van der Waals surface area contributed by atoms with Crippen LogP contribution in [-0.4, -0.2) is 28.4 Å². The third kappa shape index (κ3) is 3.17. The van der Waals surface area contributed by atoms with E-state index in [-0.39, 0.29) is 0 Å². The van der Waals surface area contributed by atoms with Gasteiger partial charge in [0, 0.05) is 37.8 Å². The molecule has 2 rings (SSSR count). The Morgan fingerprint density at radius 1 is 1.35 bits per heavy atom. The van der Waals surface area contributed by atoms with Gasteiger partial charge in [0.15, 0.2) is 0 Å². The number of nitrogens with one attached hydrogen (secondary N) is 1. The molecular weight excluding hydrogens is 248 g/mol. The van der Waals surface area contributed by atoms with Gasteiger partial charge in [0.2, 0.25) is 0 Å². The molecule has 4 nitrogen and oxygen atoms in total. The van der Waals surface area contributed by atoms with E-state index in [2.05, 4.69) is 54.7 Å². The lowest BCUT2D eigenvalue weighted by atomic mass is 9.99. The van der Waals surface area contributed by atoms with Crippen molar-refractivity contribution >= 4 is 5.82 Å². The molecule has 114 valence electrons. The molecule has 0 amide bonds. The Kier molecular flexibility index (Phi) is 5.08. The van der Waals surface area contributed by atoms with Crippen LogP contribution in [0.5, 0.6) is 0 Å². The Labute approximate surface area is 123 Å². The second-order valence-electron chi connectivity index (χ2n) is 6.30. The minimum atomic E-state index is 0.505. The quantitative estimate of drug-likeness (QED) is 0.899. The van der Waals surface area contributed by atoms with Gasteiger partial charge in [-0.2, -0.15) is 5.10 Å². The number of nitrogens with zero attached hydrogens (tertiary/aromatic N) is 3. The summed E-state index contributed by atoms with van der Waals surface area (Å²) in [5.74, 6) is 1.34. The first kappa shape index (κ1) is 15.4. The standard InChI is InChI=1S/C16H30N4/c1-6-14-9-7-8-10-20(14)16-15(11-17-12(2)3)13(4)18-19(16)5/h12,14,17H,6-11H2,1-5H3. The van der Waals surface area contributed by atoms with Crippen molar-refractivity contribution in [3.63, 3.8) is 0 Å². The van der Waals surface area contributed by atoms with Gasteiger partial charge < -0.3 is 10.2 Å². The lowest BCUT2D eigenvalue weighted by Crippen LogP contribution is -2.41. The zero-order valence-corrected chi connectivity index (χ0v) is 13.7. The highest BCUT2D eigenvalue weighted by Gasteiger charge is 2.26. The number of aromatic nitrogens is 2. The van der Waals surface area contributed by atoms with Crippen molar-refractivity contribution in [2.45, 2.75) is 72.0 Å². The molecule has 0 aliphatic carbocycles. The minimum absolute atomic E-state index is 0.505. The molecule has 0 saturated carbocycles. The molecule has 4 heteroatoms. The zero-order valence-electron chi connectivity index (χ0n) is 13.7. The van der Waals surface area contributed by atoms with E-state index in [9.17, 15) is 0 Å². The minimum Gasteiger partial charge on any atom is -0.354 e. The summed E-state index contributed by atoms with van der Waals surface area (Å²) in [5.41, 5.74) is 2.54. The van der Waals surface area contributed by atoms with Gasteiger partial charge in [-0.1, -0.05) is 20.8 Å². The van der Waals surface area contributed by atoms with Gasteiger partial charge in [-0.25, -0.2) is 0 Å². The number of aryl methyl sites for hydroxylation is 2. The van der Waals surface area contributed by atoms with Gasteiger partial charge >= 0.3 is 0 Å². The van der Waals surface area contributed by atoms with Gasteiger partial charge in [-0.15, -0.1) is 0 Å². The summed E-state index contributed by atoms with van der Waals surface area (Å²) in [7, 11) is 2.09. The molecule has 1 aromatic rings. The molecule has 2 heterocycles. The van der Waals surface area contributed by atoms with Crippen LogP contribution in [0.3, 0.4) is 0 Å². The first-order valence-corrected chi connectivity index (χ1v) is 8.07. The number of hydrogen-bond acceptors (Lipinski definition) is 3. The van der Waals surface area contributed by atoms with Crippen molar-refractivity contribution in [3.05, 3.63) is 11.3 Å². The highest BCUT2D eigenvalue weighted by Crippen LogP contribution is 2.30. The molecular formula is C16H30N4. The van der Waals surface area contributed by atoms with Gasteiger partial charge in [-0.3, -0.25) is 4.68 Å². The molecule has 1 fully saturated rings. The van der Waals surface area contributed by atoms with Crippen LogP contribution in [0.25, 0.3) is 0 Å². The van der Waals surface area contributed by atoms with Crippen molar-refractivity contribution in [2.24, 2.45) is 7.05 Å². The largest absolute Gasteiger partial charge is 0.354 e. The van der Waals surface area contributed by atoms with Gasteiger partial charge in [0.05, 0.1) is 5.69 Å². The fraction of sp³-hybridized carbons (Fsp3) is 0.812. The lowest BCUT2D eigenvalue weighted by molar-refractivity contribution is 0.439. The topological polar surface area (TPSA) is 33.1 Å². The molecule has 0 bridgehead atoms. The third-order valence-electron chi connectivity index (χ3n) is 4.37. The fourth-order valence-corrected chi connectivity index (χ4v) is 3.27. The monoisotopic (exact) mass is 278 g/mol. The molecule has 1 unspecified atom stereocenters. The SMILES string of the molecule is CCC1CCCCN1c1c(CNC(C)C)c(C)nn1C. The second-order valence-corrected chi connectivity index (χ2v) is 6.30. The highest BCUT2D eigenvalue weighted by atomic mass is 15.4. The fourth-order valence-electron chi connectivity index (χ4n) is 3.27. The maximum atomic E-state index is 4.67. The number of rotatable bonds is 5. The van der Waals surface area contributed by atoms with Crippen LogP contribution in [0.4, 0.5) is 5.82 Å². The van der Waals surface area contributed by atoms with Crippen molar-refractivity contribution < 1.29 is 0 Å². The average Bonchev–Trinajstić information content (AvgIpc) is 2.70. The zero-order chi connectivity index (χ0) is 14.7. The summed E-state index contributed by atoms with van der Waals surface area (Å²) in [6.07, 6.45) is 5.21. The summed E-state index contributed by atoms with van der Waals surface area (Å²) in [5, 5.41) is 8.22. The maximum Gasteiger partial charge on any atom is 0.131 e. The van der Waals surface area contributed by atoms with Crippen LogP contribution >= 0.6 is 0 Å². The first-order chi connectivity index (χ1) is 9.54. The van der Waals surface area contributed by atoms with Crippen molar-refractivity contribution in [1.82, 2.24) is 15.1 Å². The van der Waals surface area contributed by atoms with Crippen LogP contribution in [0, 0.1) is 6.92 Å². The molecule has 1 aliphatic heterocycles. The molecule has 0 aromatic carbocycles. The molecule has 0 spiro atoms. The maximum absolute atomic E-state index is 4.67. The molecule has 1 saturated heterocycles. The molecule has 20 heavy (non-hydrogen) atoms. The van der Waals surface area contributed by atoms with E-state index in [1.54, 1.807) is 0 Å². The van der Waals surface area contributed by atoms with Crippen molar-refractivity contribution in [2.75, 3.05) is 11.4 Å². The molecule has 0 radical (unpaired) electrons. The number of anilines is 1. The summed E-state index contributed by atoms with van der Waals surface area (Å²) in [4.78, 5) is 2.60. The number of piperidine rings is 1. The van der Waals surface area contributed by atoms with Crippen LogP contribution in [-0.2, 0) is 13.6 Å². The molecule has 1 atom stereocenters. The van der Waals surface area contributed by atoms with Gasteiger partial charge in [0.25, 0.3) is 0 Å². The first-order valence-electron chi connectivity index (χ1n) is 8.07. The van der Waals surface area contributed by atoms with Crippen LogP contribution in [0.1, 0.15) is 57.7 Å². The summed E-state index contributed by atoms with van der Waals surface area (Å²) in [6.45, 7) is 10.9. The number of hydrogen-bond donors (Lipinski definition) is 1. The van der Waals surface area contributed by atoms with Gasteiger partial charge in [-0.05, 0) is 32.6 Å². The van der Waals surface area contributed by atoms with E-state index in [0.29, 0.717) is 12.1 Å². The average molecular weight is 278 g/mol. The molecule has 1 aromatic heterocycles. The summed E-state index contributed by atoms with van der Waals surface area (Å²) >= 11 is 0. The van der Waals surface area contributed by atoms with Crippen molar-refractivity contribution in [3.8, 4) is 0 Å². The Balaban J connectivity index is 2.28. The highest BCUT2D eigenvalue weighted by molar-refractivity contribution is 5.51. The second kappa shape index (κ2) is 6.61. The Morgan fingerprint density at radius 2 is 2.10 bits per heavy atom. The van der Waals surface area contributed by atoms with E-state index >= 15 is 0 Å². The predicted molar refractivity (Wildman–Crippen MR) is 85.2 cm³/mol. The van der Waals surface area contributed by atoms with Crippen LogP contribution < -0.4 is 10.2 Å².